The first kappa shape index (κ1) is 8.04. The largest absolute Gasteiger partial charge is 0.506 e. The molecule has 0 aliphatic heterocycles. The molecule has 0 amide bonds. The van der Waals surface area contributed by atoms with Crippen LogP contribution in [-0.4, -0.2) is 15.1 Å². The summed E-state index contributed by atoms with van der Waals surface area (Å²) in [5.41, 5.74) is 1.89. The zero-order valence-electron chi connectivity index (χ0n) is 7.48. The van der Waals surface area contributed by atoms with Crippen LogP contribution in [0.2, 0.25) is 0 Å². The number of aromatic hydroxyl groups is 1. The van der Waals surface area contributed by atoms with Crippen molar-refractivity contribution >= 4 is 11.2 Å². The van der Waals surface area contributed by atoms with E-state index in [9.17, 15) is 5.11 Å². The summed E-state index contributed by atoms with van der Waals surface area (Å²) in [5, 5.41) is 9.55. The van der Waals surface area contributed by atoms with Crippen LogP contribution < -0.4 is 0 Å². The van der Waals surface area contributed by atoms with Gasteiger partial charge in [-0.2, -0.15) is 4.98 Å². The lowest BCUT2D eigenvalue weighted by Crippen LogP contribution is -1.90. The molecule has 13 heavy (non-hydrogen) atoms. The molecular formula is C9H10N2O2. The Labute approximate surface area is 75.2 Å². The van der Waals surface area contributed by atoms with Gasteiger partial charge >= 0.3 is 0 Å². The fourth-order valence-corrected chi connectivity index (χ4v) is 1.38. The lowest BCUT2D eigenvalue weighted by Gasteiger charge is -2.06. The summed E-state index contributed by atoms with van der Waals surface area (Å²) in [7, 11) is 0. The summed E-state index contributed by atoms with van der Waals surface area (Å²) in [5.74, 6) is 0.359. The zero-order valence-corrected chi connectivity index (χ0v) is 7.48. The van der Waals surface area contributed by atoms with Crippen LogP contribution in [0.4, 0.5) is 0 Å². The van der Waals surface area contributed by atoms with Crippen LogP contribution in [0.5, 0.6) is 5.75 Å². The highest BCUT2D eigenvalue weighted by atomic mass is 16.3. The van der Waals surface area contributed by atoms with Gasteiger partial charge in [-0.05, 0) is 5.92 Å². The average molecular weight is 178 g/mol. The number of hydrogen-bond acceptors (Lipinski definition) is 4. The quantitative estimate of drug-likeness (QED) is 0.726. The summed E-state index contributed by atoms with van der Waals surface area (Å²) in [6, 6.07) is 0. The van der Waals surface area contributed by atoms with Crippen LogP contribution in [0.1, 0.15) is 25.3 Å². The topological polar surface area (TPSA) is 59.2 Å². The van der Waals surface area contributed by atoms with E-state index in [1.165, 1.54) is 12.6 Å². The molecule has 0 spiro atoms. The Kier molecular flexibility index (Phi) is 1.69. The van der Waals surface area contributed by atoms with Gasteiger partial charge in [0, 0.05) is 5.56 Å². The molecule has 0 bridgehead atoms. The van der Waals surface area contributed by atoms with Crippen LogP contribution in [-0.2, 0) is 0 Å². The maximum Gasteiger partial charge on any atom is 0.199 e. The maximum absolute atomic E-state index is 9.55. The molecule has 68 valence electrons. The van der Waals surface area contributed by atoms with Crippen molar-refractivity contribution < 1.29 is 9.52 Å². The molecule has 0 aromatic carbocycles. The molecular weight excluding hydrogens is 168 g/mol. The first-order valence-electron chi connectivity index (χ1n) is 4.11. The van der Waals surface area contributed by atoms with Gasteiger partial charge in [-0.3, -0.25) is 0 Å². The minimum absolute atomic E-state index is 0.166. The Hall–Kier alpha value is -1.58. The van der Waals surface area contributed by atoms with Gasteiger partial charge < -0.3 is 9.52 Å². The molecule has 4 nitrogen and oxygen atoms in total. The van der Waals surface area contributed by atoms with E-state index < -0.39 is 0 Å². The molecule has 2 heterocycles. The third-order valence-electron chi connectivity index (χ3n) is 1.96. The van der Waals surface area contributed by atoms with Crippen molar-refractivity contribution in [1.82, 2.24) is 9.97 Å². The van der Waals surface area contributed by atoms with Crippen LogP contribution >= 0.6 is 0 Å². The van der Waals surface area contributed by atoms with Crippen molar-refractivity contribution in [1.29, 1.82) is 0 Å². The van der Waals surface area contributed by atoms with Crippen LogP contribution in [0.3, 0.4) is 0 Å². The monoisotopic (exact) mass is 178 g/mol. The van der Waals surface area contributed by atoms with E-state index in [1.807, 2.05) is 13.8 Å². The minimum Gasteiger partial charge on any atom is -0.506 e. The minimum atomic E-state index is 0.166. The van der Waals surface area contributed by atoms with Crippen LogP contribution in [0, 0.1) is 0 Å². The zero-order chi connectivity index (χ0) is 9.42. The van der Waals surface area contributed by atoms with Gasteiger partial charge in [0.05, 0.1) is 6.20 Å². The molecule has 0 saturated carbocycles. The number of aromatic nitrogens is 2. The molecule has 0 aliphatic rings. The first-order chi connectivity index (χ1) is 6.20. The Bertz CT molecular complexity index is 434. The van der Waals surface area contributed by atoms with Crippen LogP contribution in [0.15, 0.2) is 17.0 Å². The molecule has 2 rings (SSSR count). The normalized spacial score (nSPS) is 11.3. The molecule has 2 aromatic heterocycles. The van der Waals surface area contributed by atoms with E-state index in [4.69, 9.17) is 4.42 Å². The highest BCUT2D eigenvalue weighted by molar-refractivity contribution is 5.74. The second-order valence-electron chi connectivity index (χ2n) is 3.22. The highest BCUT2D eigenvalue weighted by Gasteiger charge is 2.14. The SMILES string of the molecule is CC(C)c1c(O)cnc2ncoc12. The Morgan fingerprint density at radius 1 is 1.38 bits per heavy atom. The first-order valence-corrected chi connectivity index (χ1v) is 4.11. The molecule has 2 aromatic rings. The number of pyridine rings is 1. The van der Waals surface area contributed by atoms with E-state index in [0.717, 1.165) is 5.56 Å². The average Bonchev–Trinajstić information content (AvgIpc) is 2.50. The second-order valence-corrected chi connectivity index (χ2v) is 3.22. The fraction of sp³-hybridized carbons (Fsp3) is 0.333. The summed E-state index contributed by atoms with van der Waals surface area (Å²) >= 11 is 0. The van der Waals surface area contributed by atoms with Crippen molar-refractivity contribution in [3.8, 4) is 5.75 Å². The molecule has 4 heteroatoms. The lowest BCUT2D eigenvalue weighted by molar-refractivity contribution is 0.460. The third-order valence-corrected chi connectivity index (χ3v) is 1.96. The van der Waals surface area contributed by atoms with Gasteiger partial charge in [-0.15, -0.1) is 0 Å². The summed E-state index contributed by atoms with van der Waals surface area (Å²) in [6.45, 7) is 3.97. The van der Waals surface area contributed by atoms with E-state index in [-0.39, 0.29) is 11.7 Å². The van der Waals surface area contributed by atoms with Crippen LogP contribution in [0.25, 0.3) is 11.2 Å². The van der Waals surface area contributed by atoms with Crippen molar-refractivity contribution in [2.24, 2.45) is 0 Å². The number of hydrogen-bond donors (Lipinski definition) is 1. The van der Waals surface area contributed by atoms with Gasteiger partial charge in [0.2, 0.25) is 0 Å². The standard InChI is InChI=1S/C9H10N2O2/c1-5(2)7-6(12)3-10-9-8(7)13-4-11-9/h3-5,12H,1-2H3. The molecule has 0 aliphatic carbocycles. The number of fused-ring (bicyclic) bond motifs is 1. The van der Waals surface area contributed by atoms with E-state index in [1.54, 1.807) is 0 Å². The van der Waals surface area contributed by atoms with Gasteiger partial charge in [0.1, 0.15) is 5.75 Å². The highest BCUT2D eigenvalue weighted by Crippen LogP contribution is 2.30. The van der Waals surface area contributed by atoms with Gasteiger partial charge in [0.25, 0.3) is 0 Å². The van der Waals surface area contributed by atoms with E-state index >= 15 is 0 Å². The van der Waals surface area contributed by atoms with Gasteiger partial charge in [-0.1, -0.05) is 13.8 Å². The molecule has 0 radical (unpaired) electrons. The Balaban J connectivity index is 2.80. The second kappa shape index (κ2) is 2.73. The Morgan fingerprint density at radius 2 is 2.15 bits per heavy atom. The lowest BCUT2D eigenvalue weighted by atomic mass is 10.0. The maximum atomic E-state index is 9.55. The molecule has 0 saturated heterocycles. The number of oxazole rings is 1. The molecule has 1 N–H and O–H groups in total. The number of nitrogens with zero attached hydrogens (tertiary/aromatic N) is 2. The van der Waals surface area contributed by atoms with Crippen molar-refractivity contribution in [3.05, 3.63) is 18.2 Å². The molecule has 0 atom stereocenters. The smallest absolute Gasteiger partial charge is 0.199 e. The van der Waals surface area contributed by atoms with Crippen molar-refractivity contribution in [3.63, 3.8) is 0 Å². The predicted octanol–water partition coefficient (Wildman–Crippen LogP) is 2.05. The summed E-state index contributed by atoms with van der Waals surface area (Å²) in [6.07, 6.45) is 2.74. The van der Waals surface area contributed by atoms with Crippen molar-refractivity contribution in [2.45, 2.75) is 19.8 Å². The number of rotatable bonds is 1. The molecule has 0 fully saturated rings. The summed E-state index contributed by atoms with van der Waals surface area (Å²) < 4.78 is 5.16. The Morgan fingerprint density at radius 3 is 2.85 bits per heavy atom. The fourth-order valence-electron chi connectivity index (χ4n) is 1.38. The third kappa shape index (κ3) is 1.14. The van der Waals surface area contributed by atoms with Gasteiger partial charge in [0.15, 0.2) is 17.6 Å². The van der Waals surface area contributed by atoms with E-state index in [2.05, 4.69) is 9.97 Å². The molecule has 0 unspecified atom stereocenters. The van der Waals surface area contributed by atoms with Crippen molar-refractivity contribution in [2.75, 3.05) is 0 Å². The van der Waals surface area contributed by atoms with Gasteiger partial charge in [-0.25, -0.2) is 4.98 Å². The summed E-state index contributed by atoms with van der Waals surface area (Å²) in [4.78, 5) is 7.84. The van der Waals surface area contributed by atoms with E-state index in [0.29, 0.717) is 11.2 Å². The predicted molar refractivity (Wildman–Crippen MR) is 47.6 cm³/mol.